The molecular weight excluding hydrogens is 320 g/mol. The Morgan fingerprint density at radius 2 is 1.86 bits per heavy atom. The molecule has 1 aromatic heterocycles. The smallest absolute Gasteiger partial charge is 0.265 e. The highest BCUT2D eigenvalue weighted by atomic mass is 35.5. The van der Waals surface area contributed by atoms with Crippen molar-refractivity contribution in [3.63, 3.8) is 0 Å². The van der Waals surface area contributed by atoms with Crippen molar-refractivity contribution in [2.75, 3.05) is 5.32 Å². The fraction of sp³-hybridized carbons (Fsp3) is 0.250. The van der Waals surface area contributed by atoms with Gasteiger partial charge < -0.3 is 10.6 Å². The Kier molecular flexibility index (Phi) is 4.45. The summed E-state index contributed by atoms with van der Waals surface area (Å²) < 4.78 is 0.585. The Morgan fingerprint density at radius 3 is 2.45 bits per heavy atom. The van der Waals surface area contributed by atoms with Gasteiger partial charge in [-0.05, 0) is 42.7 Å². The van der Waals surface area contributed by atoms with E-state index < -0.39 is 0 Å². The summed E-state index contributed by atoms with van der Waals surface area (Å²) in [5, 5.41) is 5.76. The molecule has 1 saturated carbocycles. The summed E-state index contributed by atoms with van der Waals surface area (Å²) in [4.78, 5) is 24.3. The number of amides is 2. The predicted octanol–water partition coefficient (Wildman–Crippen LogP) is 3.47. The molecule has 3 rings (SSSR count). The number of carbonyl (C=O) groups is 2. The van der Waals surface area contributed by atoms with Gasteiger partial charge >= 0.3 is 0 Å². The van der Waals surface area contributed by atoms with Crippen LogP contribution < -0.4 is 10.6 Å². The molecular formula is C16H15ClN2O2S. The van der Waals surface area contributed by atoms with Gasteiger partial charge in [0.15, 0.2) is 0 Å². The van der Waals surface area contributed by atoms with Crippen LogP contribution in [-0.4, -0.2) is 17.9 Å². The van der Waals surface area contributed by atoms with Crippen molar-refractivity contribution >= 4 is 40.4 Å². The van der Waals surface area contributed by atoms with Crippen LogP contribution in [0.4, 0.5) is 5.69 Å². The number of hydrogen-bond donors (Lipinski definition) is 2. The Bertz CT molecular complexity index is 692. The van der Waals surface area contributed by atoms with Gasteiger partial charge in [0.1, 0.15) is 0 Å². The summed E-state index contributed by atoms with van der Waals surface area (Å²) in [6.45, 7) is 0. The molecule has 1 aliphatic carbocycles. The molecule has 0 bridgehead atoms. The van der Waals surface area contributed by atoms with Gasteiger partial charge in [-0.2, -0.15) is 0 Å². The predicted molar refractivity (Wildman–Crippen MR) is 88.6 cm³/mol. The van der Waals surface area contributed by atoms with Crippen LogP contribution >= 0.6 is 22.9 Å². The minimum atomic E-state index is -0.184. The van der Waals surface area contributed by atoms with Crippen LogP contribution in [0.2, 0.25) is 4.34 Å². The first-order chi connectivity index (χ1) is 10.6. The van der Waals surface area contributed by atoms with Gasteiger partial charge in [0, 0.05) is 11.7 Å². The maximum Gasteiger partial charge on any atom is 0.265 e. The topological polar surface area (TPSA) is 58.2 Å². The molecule has 0 spiro atoms. The Balaban J connectivity index is 1.56. The second kappa shape index (κ2) is 6.50. The van der Waals surface area contributed by atoms with Crippen LogP contribution in [0.15, 0.2) is 36.4 Å². The molecule has 0 radical (unpaired) electrons. The number of hydrogen-bond acceptors (Lipinski definition) is 3. The number of nitrogens with one attached hydrogen (secondary N) is 2. The zero-order valence-corrected chi connectivity index (χ0v) is 13.3. The highest BCUT2D eigenvalue weighted by molar-refractivity contribution is 7.18. The number of carbonyl (C=O) groups excluding carboxylic acids is 2. The molecule has 2 aromatic rings. The van der Waals surface area contributed by atoms with Crippen molar-refractivity contribution in [1.82, 2.24) is 5.32 Å². The van der Waals surface area contributed by atoms with E-state index in [0.717, 1.165) is 18.4 Å². The fourth-order valence-electron chi connectivity index (χ4n) is 2.03. The van der Waals surface area contributed by atoms with Crippen LogP contribution in [-0.2, 0) is 11.2 Å². The fourth-order valence-corrected chi connectivity index (χ4v) is 2.97. The van der Waals surface area contributed by atoms with Crippen LogP contribution in [0.1, 0.15) is 28.1 Å². The van der Waals surface area contributed by atoms with Gasteiger partial charge in [-0.3, -0.25) is 9.59 Å². The first-order valence-corrected chi connectivity index (χ1v) is 8.24. The minimum absolute atomic E-state index is 0.0486. The van der Waals surface area contributed by atoms with E-state index in [1.807, 2.05) is 12.1 Å². The lowest BCUT2D eigenvalue weighted by atomic mass is 10.1. The van der Waals surface area contributed by atoms with E-state index in [9.17, 15) is 9.59 Å². The van der Waals surface area contributed by atoms with Crippen molar-refractivity contribution in [3.8, 4) is 0 Å². The Morgan fingerprint density at radius 1 is 1.14 bits per heavy atom. The van der Waals surface area contributed by atoms with Gasteiger partial charge in [0.25, 0.3) is 5.91 Å². The largest absolute Gasteiger partial charge is 0.353 e. The lowest BCUT2D eigenvalue weighted by Gasteiger charge is -2.06. The number of halogens is 1. The highest BCUT2D eigenvalue weighted by Crippen LogP contribution is 2.22. The highest BCUT2D eigenvalue weighted by Gasteiger charge is 2.23. The molecule has 6 heteroatoms. The maximum absolute atomic E-state index is 12.0. The molecule has 4 nitrogen and oxygen atoms in total. The SMILES string of the molecule is O=C(Cc1ccc(NC(=O)c2ccc(Cl)s2)cc1)NC1CC1. The van der Waals surface area contributed by atoms with E-state index in [4.69, 9.17) is 11.6 Å². The molecule has 0 unspecified atom stereocenters. The van der Waals surface area contributed by atoms with Gasteiger partial charge in [0.05, 0.1) is 15.6 Å². The number of anilines is 1. The number of rotatable bonds is 5. The van der Waals surface area contributed by atoms with E-state index in [-0.39, 0.29) is 11.8 Å². The summed E-state index contributed by atoms with van der Waals surface area (Å²) in [6, 6.07) is 11.1. The molecule has 1 aromatic carbocycles. The standard InChI is InChI=1S/C16H15ClN2O2S/c17-14-8-7-13(22-14)16(21)19-12-3-1-10(2-4-12)9-15(20)18-11-5-6-11/h1-4,7-8,11H,5-6,9H2,(H,18,20)(H,19,21). The van der Waals surface area contributed by atoms with Crippen LogP contribution in [0.5, 0.6) is 0 Å². The summed E-state index contributed by atoms with van der Waals surface area (Å²) in [5.74, 6) is -0.136. The summed E-state index contributed by atoms with van der Waals surface area (Å²) in [5.41, 5.74) is 1.62. The number of thiophene rings is 1. The summed E-state index contributed by atoms with van der Waals surface area (Å²) in [6.07, 6.45) is 2.54. The van der Waals surface area contributed by atoms with E-state index in [0.29, 0.717) is 27.4 Å². The molecule has 22 heavy (non-hydrogen) atoms. The van der Waals surface area contributed by atoms with Gasteiger partial charge in [-0.15, -0.1) is 11.3 Å². The van der Waals surface area contributed by atoms with Crippen molar-refractivity contribution in [2.24, 2.45) is 0 Å². The minimum Gasteiger partial charge on any atom is -0.353 e. The monoisotopic (exact) mass is 334 g/mol. The third-order valence-electron chi connectivity index (χ3n) is 3.32. The van der Waals surface area contributed by atoms with Crippen LogP contribution in [0.25, 0.3) is 0 Å². The Labute approximate surface area is 137 Å². The summed E-state index contributed by atoms with van der Waals surface area (Å²) >= 11 is 7.06. The lowest BCUT2D eigenvalue weighted by Crippen LogP contribution is -2.26. The van der Waals surface area contributed by atoms with Crippen LogP contribution in [0.3, 0.4) is 0 Å². The second-order valence-corrected chi connectivity index (χ2v) is 6.99. The quantitative estimate of drug-likeness (QED) is 0.879. The lowest BCUT2D eigenvalue weighted by molar-refractivity contribution is -0.120. The molecule has 1 fully saturated rings. The van der Waals surface area contributed by atoms with Crippen molar-refractivity contribution < 1.29 is 9.59 Å². The maximum atomic E-state index is 12.0. The molecule has 2 N–H and O–H groups in total. The van der Waals surface area contributed by atoms with E-state index in [2.05, 4.69) is 10.6 Å². The van der Waals surface area contributed by atoms with Gasteiger partial charge in [-0.1, -0.05) is 23.7 Å². The molecule has 1 aliphatic rings. The van der Waals surface area contributed by atoms with Crippen molar-refractivity contribution in [2.45, 2.75) is 25.3 Å². The van der Waals surface area contributed by atoms with Crippen LogP contribution in [0, 0.1) is 0 Å². The number of benzene rings is 1. The zero-order chi connectivity index (χ0) is 15.5. The second-order valence-electron chi connectivity index (χ2n) is 5.27. The van der Waals surface area contributed by atoms with Gasteiger partial charge in [-0.25, -0.2) is 0 Å². The molecule has 1 heterocycles. The average Bonchev–Trinajstić information content (AvgIpc) is 3.18. The van der Waals surface area contributed by atoms with E-state index >= 15 is 0 Å². The zero-order valence-electron chi connectivity index (χ0n) is 11.8. The third kappa shape index (κ3) is 4.08. The van der Waals surface area contributed by atoms with Crippen molar-refractivity contribution in [3.05, 3.63) is 51.2 Å². The molecule has 0 atom stereocenters. The van der Waals surface area contributed by atoms with E-state index in [1.165, 1.54) is 11.3 Å². The van der Waals surface area contributed by atoms with Crippen molar-refractivity contribution in [1.29, 1.82) is 0 Å². The molecule has 0 aliphatic heterocycles. The third-order valence-corrected chi connectivity index (χ3v) is 4.55. The molecule has 2 amide bonds. The Hall–Kier alpha value is -1.85. The molecule has 114 valence electrons. The average molecular weight is 335 g/mol. The van der Waals surface area contributed by atoms with E-state index in [1.54, 1.807) is 24.3 Å². The first kappa shape index (κ1) is 15.1. The summed E-state index contributed by atoms with van der Waals surface area (Å²) in [7, 11) is 0. The van der Waals surface area contributed by atoms with Gasteiger partial charge in [0.2, 0.25) is 5.91 Å². The molecule has 0 saturated heterocycles. The first-order valence-electron chi connectivity index (χ1n) is 7.05. The normalized spacial score (nSPS) is 13.7.